The molecule has 0 fully saturated rings. The van der Waals surface area contributed by atoms with E-state index in [1.807, 2.05) is 66.7 Å². The number of anilines is 1. The lowest BCUT2D eigenvalue weighted by Gasteiger charge is -2.19. The summed E-state index contributed by atoms with van der Waals surface area (Å²) in [6.45, 7) is 0. The minimum Gasteiger partial charge on any atom is -0.266 e. The molecule has 0 saturated carbocycles. The van der Waals surface area contributed by atoms with Crippen molar-refractivity contribution in [2.75, 3.05) is 4.90 Å². The van der Waals surface area contributed by atoms with Gasteiger partial charge in [0, 0.05) is 14.5 Å². The van der Waals surface area contributed by atoms with Gasteiger partial charge in [0.1, 0.15) is 11.5 Å². The molecule has 0 unspecified atom stereocenters. The summed E-state index contributed by atoms with van der Waals surface area (Å²) in [4.78, 5) is 19.5. The van der Waals surface area contributed by atoms with Crippen molar-refractivity contribution in [3.8, 4) is 0 Å². The number of nitrogens with zero attached hydrogens (tertiary/aromatic N) is 2. The molecule has 138 valence electrons. The van der Waals surface area contributed by atoms with E-state index in [-0.39, 0.29) is 5.91 Å². The van der Waals surface area contributed by atoms with Crippen LogP contribution in [0.2, 0.25) is 5.02 Å². The van der Waals surface area contributed by atoms with Crippen LogP contribution < -0.4 is 4.90 Å². The Bertz CT molecular complexity index is 1120. The third-order valence-corrected chi connectivity index (χ3v) is 5.56. The van der Waals surface area contributed by atoms with Crippen LogP contribution in [0.15, 0.2) is 92.4 Å². The lowest BCUT2D eigenvalue weighted by Crippen LogP contribution is -2.32. The molecule has 3 aromatic rings. The van der Waals surface area contributed by atoms with Gasteiger partial charge < -0.3 is 0 Å². The number of carbonyl (C=O) groups is 1. The van der Waals surface area contributed by atoms with Crippen molar-refractivity contribution in [2.45, 2.75) is 0 Å². The SMILES string of the molecule is O=C1/C(=C\c2cccc(Br)c2)N=C(c2ccccc2Cl)N1c1ccc(Br)cc1. The fourth-order valence-electron chi connectivity index (χ4n) is 2.92. The predicted molar refractivity (Wildman–Crippen MR) is 122 cm³/mol. The van der Waals surface area contributed by atoms with E-state index in [9.17, 15) is 4.79 Å². The first-order valence-corrected chi connectivity index (χ1v) is 10.4. The molecule has 0 radical (unpaired) electrons. The lowest BCUT2D eigenvalue weighted by molar-refractivity contribution is -0.113. The molecule has 0 aliphatic carbocycles. The van der Waals surface area contributed by atoms with Crippen molar-refractivity contribution in [1.29, 1.82) is 0 Å². The van der Waals surface area contributed by atoms with Crippen molar-refractivity contribution in [2.24, 2.45) is 4.99 Å². The summed E-state index contributed by atoms with van der Waals surface area (Å²) < 4.78 is 1.87. The summed E-state index contributed by atoms with van der Waals surface area (Å²) >= 11 is 13.3. The van der Waals surface area contributed by atoms with Crippen molar-refractivity contribution in [1.82, 2.24) is 0 Å². The van der Waals surface area contributed by atoms with Crippen LogP contribution in [0.5, 0.6) is 0 Å². The zero-order valence-corrected chi connectivity index (χ0v) is 18.4. The van der Waals surface area contributed by atoms with Crippen LogP contribution in [0.1, 0.15) is 11.1 Å². The van der Waals surface area contributed by atoms with Crippen LogP contribution >= 0.6 is 43.5 Å². The van der Waals surface area contributed by atoms with Crippen LogP contribution in [0.25, 0.3) is 6.08 Å². The van der Waals surface area contributed by atoms with Gasteiger partial charge in [-0.3, -0.25) is 9.69 Å². The number of amides is 1. The monoisotopic (exact) mass is 514 g/mol. The number of carbonyl (C=O) groups excluding carboxylic acids is 1. The summed E-state index contributed by atoms with van der Waals surface area (Å²) in [5.41, 5.74) is 2.68. The van der Waals surface area contributed by atoms with Gasteiger partial charge in [0.2, 0.25) is 0 Å². The second-order valence-electron chi connectivity index (χ2n) is 6.12. The molecule has 3 aromatic carbocycles. The van der Waals surface area contributed by atoms with E-state index in [1.165, 1.54) is 0 Å². The Balaban J connectivity index is 1.85. The van der Waals surface area contributed by atoms with Gasteiger partial charge in [-0.15, -0.1) is 0 Å². The molecule has 0 spiro atoms. The van der Waals surface area contributed by atoms with Gasteiger partial charge in [0.15, 0.2) is 0 Å². The highest BCUT2D eigenvalue weighted by molar-refractivity contribution is 9.10. The molecule has 4 rings (SSSR count). The number of amidine groups is 1. The third-order valence-electron chi connectivity index (χ3n) is 4.21. The maximum absolute atomic E-state index is 13.3. The van der Waals surface area contributed by atoms with Gasteiger partial charge in [0.25, 0.3) is 5.91 Å². The van der Waals surface area contributed by atoms with Gasteiger partial charge in [0.05, 0.1) is 10.7 Å². The Morgan fingerprint density at radius 3 is 2.36 bits per heavy atom. The zero-order chi connectivity index (χ0) is 19.7. The Morgan fingerprint density at radius 2 is 1.64 bits per heavy atom. The molecule has 28 heavy (non-hydrogen) atoms. The molecule has 1 aliphatic rings. The Labute approximate surface area is 184 Å². The second-order valence-corrected chi connectivity index (χ2v) is 8.36. The average molecular weight is 517 g/mol. The number of hydrogen-bond donors (Lipinski definition) is 0. The summed E-state index contributed by atoms with van der Waals surface area (Å²) in [6.07, 6.45) is 1.78. The summed E-state index contributed by atoms with van der Waals surface area (Å²) in [7, 11) is 0. The van der Waals surface area contributed by atoms with Gasteiger partial charge in [-0.05, 0) is 60.2 Å². The molecule has 0 N–H and O–H groups in total. The van der Waals surface area contributed by atoms with Gasteiger partial charge in [-0.25, -0.2) is 4.99 Å². The van der Waals surface area contributed by atoms with E-state index >= 15 is 0 Å². The molecular formula is C22H13Br2ClN2O. The Hall–Kier alpha value is -2.21. The maximum Gasteiger partial charge on any atom is 0.282 e. The highest BCUT2D eigenvalue weighted by Crippen LogP contribution is 2.31. The van der Waals surface area contributed by atoms with E-state index < -0.39 is 0 Å². The largest absolute Gasteiger partial charge is 0.282 e. The molecule has 0 saturated heterocycles. The van der Waals surface area contributed by atoms with Crippen LogP contribution in [0.4, 0.5) is 5.69 Å². The van der Waals surface area contributed by atoms with Crippen LogP contribution in [-0.2, 0) is 4.79 Å². The predicted octanol–water partition coefficient (Wildman–Crippen LogP) is 6.70. The molecule has 0 bridgehead atoms. The standard InChI is InChI=1S/C22H13Br2ClN2O/c23-15-8-10-17(11-9-15)27-21(18-6-1-2-7-19(18)25)26-20(22(27)28)13-14-4-3-5-16(24)12-14/h1-13H/b20-13+. The highest BCUT2D eigenvalue weighted by Gasteiger charge is 2.33. The van der Waals surface area contributed by atoms with E-state index in [2.05, 4.69) is 36.9 Å². The first-order chi connectivity index (χ1) is 13.5. The molecule has 1 heterocycles. The van der Waals surface area contributed by atoms with Gasteiger partial charge in [-0.2, -0.15) is 0 Å². The van der Waals surface area contributed by atoms with E-state index in [4.69, 9.17) is 11.6 Å². The molecule has 1 aliphatic heterocycles. The summed E-state index contributed by atoms with van der Waals surface area (Å²) in [5, 5.41) is 0.542. The molecule has 1 amide bonds. The van der Waals surface area contributed by atoms with Crippen molar-refractivity contribution in [3.63, 3.8) is 0 Å². The quantitative estimate of drug-likeness (QED) is 0.357. The Kier molecular flexibility index (Phi) is 5.49. The van der Waals surface area contributed by atoms with Crippen LogP contribution in [0.3, 0.4) is 0 Å². The summed E-state index contributed by atoms with van der Waals surface area (Å²) in [5.74, 6) is 0.316. The molecule has 0 atom stereocenters. The van der Waals surface area contributed by atoms with Crippen LogP contribution in [-0.4, -0.2) is 11.7 Å². The van der Waals surface area contributed by atoms with E-state index in [0.29, 0.717) is 22.1 Å². The summed E-state index contributed by atoms with van der Waals surface area (Å²) in [6, 6.07) is 22.6. The highest BCUT2D eigenvalue weighted by atomic mass is 79.9. The second kappa shape index (κ2) is 8.03. The molecule has 6 heteroatoms. The lowest BCUT2D eigenvalue weighted by atomic mass is 10.1. The number of rotatable bonds is 3. The van der Waals surface area contributed by atoms with E-state index in [0.717, 1.165) is 20.2 Å². The molecule has 0 aromatic heterocycles. The van der Waals surface area contributed by atoms with Gasteiger partial charge >= 0.3 is 0 Å². The smallest absolute Gasteiger partial charge is 0.266 e. The van der Waals surface area contributed by atoms with Gasteiger partial charge in [-0.1, -0.05) is 67.7 Å². The van der Waals surface area contributed by atoms with E-state index in [1.54, 1.807) is 17.0 Å². The third kappa shape index (κ3) is 3.83. The fourth-order valence-corrected chi connectivity index (χ4v) is 3.83. The average Bonchev–Trinajstić information content (AvgIpc) is 2.99. The molecule has 3 nitrogen and oxygen atoms in total. The fraction of sp³-hybridized carbons (Fsp3) is 0. The minimum absolute atomic E-state index is 0.197. The first-order valence-electron chi connectivity index (χ1n) is 8.44. The van der Waals surface area contributed by atoms with Crippen molar-refractivity contribution in [3.05, 3.63) is 104 Å². The first kappa shape index (κ1) is 19.1. The van der Waals surface area contributed by atoms with Crippen molar-refractivity contribution >= 4 is 67.0 Å². The maximum atomic E-state index is 13.3. The molecular weight excluding hydrogens is 504 g/mol. The van der Waals surface area contributed by atoms with Crippen molar-refractivity contribution < 1.29 is 4.79 Å². The zero-order valence-electron chi connectivity index (χ0n) is 14.4. The number of aliphatic imine (C=N–C) groups is 1. The topological polar surface area (TPSA) is 32.7 Å². The number of halogens is 3. The van der Waals surface area contributed by atoms with Crippen LogP contribution in [0, 0.1) is 0 Å². The number of benzene rings is 3. The minimum atomic E-state index is -0.197. The normalized spacial score (nSPS) is 15.2. The number of hydrogen-bond acceptors (Lipinski definition) is 2. The Morgan fingerprint density at radius 1 is 0.893 bits per heavy atom.